The Hall–Kier alpha value is 0.200. The molecule has 1 aliphatic rings. The standard InChI is InChI=1S/C5H13NO2S.C3H6.ClH/c1-2-3-4-5-9(6,7)8;1-2-3-1;/h2-5H2,1H3,(H2,6,7,8);1-3H2;1H. The van der Waals surface area contributed by atoms with Crippen LogP contribution in [-0.2, 0) is 10.0 Å². The van der Waals surface area contributed by atoms with Crippen LogP contribution in [0, 0.1) is 0 Å². The van der Waals surface area contributed by atoms with E-state index >= 15 is 0 Å². The molecule has 0 aliphatic heterocycles. The lowest BCUT2D eigenvalue weighted by Gasteiger charge is -1.94. The largest absolute Gasteiger partial charge is 0.229 e. The van der Waals surface area contributed by atoms with Crippen molar-refractivity contribution < 1.29 is 8.42 Å². The lowest BCUT2D eigenvalue weighted by molar-refractivity contribution is 0.592. The maximum Gasteiger partial charge on any atom is 0.209 e. The van der Waals surface area contributed by atoms with E-state index in [1.54, 1.807) is 0 Å². The number of rotatable bonds is 4. The molecule has 2 N–H and O–H groups in total. The second-order valence-electron chi connectivity index (χ2n) is 3.13. The molecule has 0 aromatic carbocycles. The molecular formula is C8H20ClNO2S. The summed E-state index contributed by atoms with van der Waals surface area (Å²) in [7, 11) is -3.20. The Morgan fingerprint density at radius 1 is 1.15 bits per heavy atom. The highest BCUT2D eigenvalue weighted by molar-refractivity contribution is 7.89. The summed E-state index contributed by atoms with van der Waals surface area (Å²) in [5.74, 6) is 0.126. The molecular weight excluding hydrogens is 210 g/mol. The zero-order valence-electron chi connectivity index (χ0n) is 8.16. The number of halogens is 1. The first-order chi connectivity index (χ1) is 5.56. The second-order valence-corrected chi connectivity index (χ2v) is 4.87. The summed E-state index contributed by atoms with van der Waals surface area (Å²) in [6.07, 6.45) is 7.15. The van der Waals surface area contributed by atoms with Gasteiger partial charge in [-0.1, -0.05) is 39.0 Å². The molecule has 0 atom stereocenters. The van der Waals surface area contributed by atoms with Gasteiger partial charge in [0.2, 0.25) is 10.0 Å². The van der Waals surface area contributed by atoms with Crippen molar-refractivity contribution in [2.45, 2.75) is 45.4 Å². The van der Waals surface area contributed by atoms with Gasteiger partial charge in [0.05, 0.1) is 5.75 Å². The van der Waals surface area contributed by atoms with E-state index in [9.17, 15) is 8.42 Å². The fourth-order valence-electron chi connectivity index (χ4n) is 0.553. The molecule has 3 nitrogen and oxygen atoms in total. The molecule has 0 bridgehead atoms. The van der Waals surface area contributed by atoms with E-state index in [2.05, 4.69) is 0 Å². The summed E-state index contributed by atoms with van der Waals surface area (Å²) in [6.45, 7) is 2.02. The number of unbranched alkanes of at least 4 members (excludes halogenated alkanes) is 2. The molecule has 0 heterocycles. The first-order valence-electron chi connectivity index (χ1n) is 4.56. The molecule has 82 valence electrons. The Balaban J connectivity index is 0. The van der Waals surface area contributed by atoms with Gasteiger partial charge >= 0.3 is 0 Å². The molecule has 0 unspecified atom stereocenters. The summed E-state index contributed by atoms with van der Waals surface area (Å²) < 4.78 is 20.6. The Bertz CT molecular complexity index is 188. The van der Waals surface area contributed by atoms with Gasteiger partial charge in [0.25, 0.3) is 0 Å². The Morgan fingerprint density at radius 2 is 1.62 bits per heavy atom. The normalized spacial score (nSPS) is 13.7. The van der Waals surface area contributed by atoms with E-state index in [-0.39, 0.29) is 18.2 Å². The van der Waals surface area contributed by atoms with Crippen LogP contribution in [-0.4, -0.2) is 14.2 Å². The second kappa shape index (κ2) is 8.78. The van der Waals surface area contributed by atoms with Gasteiger partial charge in [-0.3, -0.25) is 0 Å². The van der Waals surface area contributed by atoms with Crippen LogP contribution in [0.4, 0.5) is 0 Å². The van der Waals surface area contributed by atoms with Crippen LogP contribution in [0.25, 0.3) is 0 Å². The number of hydrogen-bond acceptors (Lipinski definition) is 2. The fourth-order valence-corrected chi connectivity index (χ4v) is 1.16. The average Bonchev–Trinajstić information content (AvgIpc) is 2.68. The van der Waals surface area contributed by atoms with E-state index in [0.29, 0.717) is 6.42 Å². The topological polar surface area (TPSA) is 60.2 Å². The quantitative estimate of drug-likeness (QED) is 0.751. The third-order valence-corrected chi connectivity index (χ3v) is 2.24. The Morgan fingerprint density at radius 3 is 1.85 bits per heavy atom. The highest BCUT2D eigenvalue weighted by atomic mass is 35.5. The van der Waals surface area contributed by atoms with Gasteiger partial charge in [0.15, 0.2) is 0 Å². The van der Waals surface area contributed by atoms with Crippen molar-refractivity contribution in [2.75, 3.05) is 5.75 Å². The maximum absolute atomic E-state index is 10.3. The zero-order valence-corrected chi connectivity index (χ0v) is 9.79. The molecule has 1 saturated carbocycles. The minimum atomic E-state index is -3.20. The van der Waals surface area contributed by atoms with Crippen LogP contribution < -0.4 is 5.14 Å². The van der Waals surface area contributed by atoms with Gasteiger partial charge < -0.3 is 0 Å². The van der Waals surface area contributed by atoms with Crippen LogP contribution in [0.15, 0.2) is 0 Å². The first kappa shape index (κ1) is 15.7. The van der Waals surface area contributed by atoms with Crippen molar-refractivity contribution in [1.29, 1.82) is 0 Å². The molecule has 0 radical (unpaired) electrons. The van der Waals surface area contributed by atoms with Crippen LogP contribution in [0.2, 0.25) is 0 Å². The van der Waals surface area contributed by atoms with Gasteiger partial charge in [-0.2, -0.15) is 0 Å². The van der Waals surface area contributed by atoms with Crippen LogP contribution in [0.1, 0.15) is 45.4 Å². The maximum atomic E-state index is 10.3. The molecule has 0 spiro atoms. The van der Waals surface area contributed by atoms with Crippen LogP contribution in [0.5, 0.6) is 0 Å². The Labute approximate surface area is 87.5 Å². The van der Waals surface area contributed by atoms with Gasteiger partial charge in [-0.25, -0.2) is 13.6 Å². The van der Waals surface area contributed by atoms with Crippen molar-refractivity contribution in [1.82, 2.24) is 0 Å². The summed E-state index contributed by atoms with van der Waals surface area (Å²) in [5, 5.41) is 4.75. The monoisotopic (exact) mass is 229 g/mol. The minimum absolute atomic E-state index is 0. The molecule has 0 aromatic rings. The number of sulfonamides is 1. The molecule has 0 amide bonds. The first-order valence-corrected chi connectivity index (χ1v) is 6.28. The van der Waals surface area contributed by atoms with Gasteiger partial charge in [-0.15, -0.1) is 12.4 Å². The molecule has 5 heteroatoms. The van der Waals surface area contributed by atoms with Crippen molar-refractivity contribution in [2.24, 2.45) is 5.14 Å². The van der Waals surface area contributed by atoms with E-state index in [1.807, 2.05) is 6.92 Å². The number of nitrogens with two attached hydrogens (primary N) is 1. The fraction of sp³-hybridized carbons (Fsp3) is 1.00. The predicted molar refractivity (Wildman–Crippen MR) is 58.6 cm³/mol. The van der Waals surface area contributed by atoms with E-state index in [4.69, 9.17) is 5.14 Å². The lowest BCUT2D eigenvalue weighted by atomic mass is 10.3. The van der Waals surface area contributed by atoms with Crippen molar-refractivity contribution >= 4 is 22.4 Å². The van der Waals surface area contributed by atoms with E-state index in [1.165, 1.54) is 19.3 Å². The molecule has 0 aromatic heterocycles. The van der Waals surface area contributed by atoms with E-state index < -0.39 is 10.0 Å². The minimum Gasteiger partial charge on any atom is -0.229 e. The zero-order chi connectivity index (χ0) is 9.45. The average molecular weight is 230 g/mol. The van der Waals surface area contributed by atoms with Crippen molar-refractivity contribution in [3.63, 3.8) is 0 Å². The van der Waals surface area contributed by atoms with Crippen LogP contribution in [0.3, 0.4) is 0 Å². The predicted octanol–water partition coefficient (Wildman–Crippen LogP) is 2.06. The van der Waals surface area contributed by atoms with Gasteiger partial charge in [0, 0.05) is 0 Å². The smallest absolute Gasteiger partial charge is 0.209 e. The van der Waals surface area contributed by atoms with Crippen molar-refractivity contribution in [3.05, 3.63) is 0 Å². The summed E-state index contributed by atoms with van der Waals surface area (Å²) in [4.78, 5) is 0. The summed E-state index contributed by atoms with van der Waals surface area (Å²) >= 11 is 0. The number of hydrogen-bond donors (Lipinski definition) is 1. The highest BCUT2D eigenvalue weighted by Crippen LogP contribution is 2.14. The molecule has 13 heavy (non-hydrogen) atoms. The Kier molecular flexibility index (Phi) is 10.6. The molecule has 1 rings (SSSR count). The summed E-state index contributed by atoms with van der Waals surface area (Å²) in [5.41, 5.74) is 0. The van der Waals surface area contributed by atoms with E-state index in [0.717, 1.165) is 12.8 Å². The highest BCUT2D eigenvalue weighted by Gasteiger charge is 1.99. The third kappa shape index (κ3) is 24.5. The summed E-state index contributed by atoms with van der Waals surface area (Å²) in [6, 6.07) is 0. The van der Waals surface area contributed by atoms with Crippen LogP contribution >= 0.6 is 12.4 Å². The van der Waals surface area contributed by atoms with Gasteiger partial charge in [0.1, 0.15) is 0 Å². The lowest BCUT2D eigenvalue weighted by Crippen LogP contribution is -2.16. The van der Waals surface area contributed by atoms with Crippen molar-refractivity contribution in [3.8, 4) is 0 Å². The molecule has 1 fully saturated rings. The number of primary sulfonamides is 1. The molecule has 0 saturated heterocycles. The van der Waals surface area contributed by atoms with Gasteiger partial charge in [-0.05, 0) is 6.42 Å². The molecule has 1 aliphatic carbocycles. The SMILES string of the molecule is C1CC1.CCCCCS(N)(=O)=O.Cl. The third-order valence-electron chi connectivity index (χ3n) is 1.39.